The zero-order chi connectivity index (χ0) is 28.7. The summed E-state index contributed by atoms with van der Waals surface area (Å²) in [4.78, 5) is 23.8. The largest absolute Gasteiger partial charge is 0.494 e. The molecule has 0 saturated carbocycles. The molecule has 41 heavy (non-hydrogen) atoms. The van der Waals surface area contributed by atoms with Gasteiger partial charge in [-0.3, -0.25) is 4.98 Å². The Morgan fingerprint density at radius 2 is 1.93 bits per heavy atom. The Kier molecular flexibility index (Phi) is 6.88. The number of imidazole rings is 1. The smallest absolute Gasteiger partial charge is 0.165 e. The van der Waals surface area contributed by atoms with Gasteiger partial charge in [-0.1, -0.05) is 11.6 Å². The van der Waals surface area contributed by atoms with E-state index in [9.17, 15) is 8.78 Å². The number of aromatic nitrogens is 6. The fraction of sp³-hybridized carbons (Fsp3) is 0.250. The fourth-order valence-corrected chi connectivity index (χ4v) is 5.43. The third-order valence-corrected chi connectivity index (χ3v) is 7.63. The SMILES string of the molecule is COc1ccc(-c2cc(Cn3cnc4c(N)ncnc43)c(N3CCC[C@](N)(c4ccc(F)c(Cl)n4)C3)cn2)cc1F. The van der Waals surface area contributed by atoms with Gasteiger partial charge in [-0.05, 0) is 54.8 Å². The summed E-state index contributed by atoms with van der Waals surface area (Å²) in [6, 6.07) is 9.48. The first kappa shape index (κ1) is 26.8. The summed E-state index contributed by atoms with van der Waals surface area (Å²) in [5.74, 6) is -0.650. The third kappa shape index (κ3) is 5.00. The number of nitrogen functional groups attached to an aromatic ring is 1. The summed E-state index contributed by atoms with van der Waals surface area (Å²) < 4.78 is 35.3. The topological polar surface area (TPSA) is 134 Å². The summed E-state index contributed by atoms with van der Waals surface area (Å²) in [6.45, 7) is 1.47. The van der Waals surface area contributed by atoms with E-state index in [1.165, 1.54) is 25.6 Å². The molecule has 4 aromatic heterocycles. The minimum atomic E-state index is -0.867. The fourth-order valence-electron chi connectivity index (χ4n) is 5.28. The molecule has 210 valence electrons. The lowest BCUT2D eigenvalue weighted by molar-refractivity contribution is 0.344. The molecule has 6 rings (SSSR count). The van der Waals surface area contributed by atoms with Crippen molar-refractivity contribution < 1.29 is 13.5 Å². The van der Waals surface area contributed by atoms with Gasteiger partial charge in [-0.15, -0.1) is 0 Å². The predicted molar refractivity (Wildman–Crippen MR) is 152 cm³/mol. The number of nitrogens with zero attached hydrogens (tertiary/aromatic N) is 7. The Morgan fingerprint density at radius 1 is 1.07 bits per heavy atom. The van der Waals surface area contributed by atoms with E-state index in [2.05, 4.69) is 29.8 Å². The number of piperidine rings is 1. The number of methoxy groups -OCH3 is 1. The summed E-state index contributed by atoms with van der Waals surface area (Å²) in [6.07, 6.45) is 6.21. The lowest BCUT2D eigenvalue weighted by Crippen LogP contribution is -2.52. The van der Waals surface area contributed by atoms with E-state index < -0.39 is 17.2 Å². The molecule has 0 amide bonds. The molecule has 5 heterocycles. The number of ether oxygens (including phenoxy) is 1. The molecule has 0 bridgehead atoms. The maximum Gasteiger partial charge on any atom is 0.165 e. The molecule has 0 aliphatic carbocycles. The van der Waals surface area contributed by atoms with Gasteiger partial charge in [0.15, 0.2) is 34.0 Å². The van der Waals surface area contributed by atoms with Crippen LogP contribution in [0.5, 0.6) is 5.75 Å². The van der Waals surface area contributed by atoms with Crippen molar-refractivity contribution in [1.29, 1.82) is 0 Å². The van der Waals surface area contributed by atoms with Crippen LogP contribution in [0.1, 0.15) is 24.1 Å². The number of rotatable bonds is 6. The third-order valence-electron chi connectivity index (χ3n) is 7.36. The van der Waals surface area contributed by atoms with E-state index in [4.69, 9.17) is 27.8 Å². The first-order valence-electron chi connectivity index (χ1n) is 12.9. The van der Waals surface area contributed by atoms with E-state index in [0.717, 1.165) is 17.7 Å². The molecule has 5 aromatic rings. The lowest BCUT2D eigenvalue weighted by atomic mass is 9.86. The molecular weight excluding hydrogens is 552 g/mol. The van der Waals surface area contributed by atoms with E-state index in [1.54, 1.807) is 30.7 Å². The molecule has 1 aliphatic heterocycles. The standard InChI is InChI=1S/C28H26ClF2N9O/c1-41-22-5-3-16(9-19(22)31)20-10-17(12-40-15-37-24-26(32)35-14-36-27(24)40)21(11-34-20)39-8-2-7-28(33,13-39)23-6-4-18(30)25(29)38-23/h3-6,9-11,14-15H,2,7-8,12-13,33H2,1H3,(H2,32,35,36)/t28-/m1/s1. The van der Waals surface area contributed by atoms with Crippen molar-refractivity contribution in [3.8, 4) is 17.0 Å². The molecule has 13 heteroatoms. The Morgan fingerprint density at radius 3 is 2.71 bits per heavy atom. The van der Waals surface area contributed by atoms with E-state index in [1.807, 2.05) is 10.6 Å². The van der Waals surface area contributed by atoms with Crippen LogP contribution in [0.4, 0.5) is 20.3 Å². The summed E-state index contributed by atoms with van der Waals surface area (Å²) in [5, 5.41) is -0.212. The molecule has 1 fully saturated rings. The van der Waals surface area contributed by atoms with Crippen LogP contribution in [0.25, 0.3) is 22.4 Å². The summed E-state index contributed by atoms with van der Waals surface area (Å²) in [5.41, 5.74) is 16.5. The van der Waals surface area contributed by atoms with Crippen LogP contribution in [0, 0.1) is 11.6 Å². The number of hydrogen-bond donors (Lipinski definition) is 2. The summed E-state index contributed by atoms with van der Waals surface area (Å²) in [7, 11) is 1.42. The van der Waals surface area contributed by atoms with Gasteiger partial charge >= 0.3 is 0 Å². The van der Waals surface area contributed by atoms with Crippen molar-refractivity contribution in [2.75, 3.05) is 30.8 Å². The van der Waals surface area contributed by atoms with Crippen LogP contribution in [-0.4, -0.2) is 49.7 Å². The second-order valence-corrected chi connectivity index (χ2v) is 10.4. The Labute approximate surface area is 239 Å². The van der Waals surface area contributed by atoms with Gasteiger partial charge in [-0.2, -0.15) is 0 Å². The van der Waals surface area contributed by atoms with Crippen LogP contribution in [-0.2, 0) is 12.1 Å². The Hall–Kier alpha value is -4.42. The van der Waals surface area contributed by atoms with E-state index in [-0.39, 0.29) is 16.7 Å². The number of hydrogen-bond acceptors (Lipinski definition) is 9. The lowest BCUT2D eigenvalue weighted by Gasteiger charge is -2.41. The molecule has 1 aliphatic rings. The number of pyridine rings is 2. The Bertz CT molecular complexity index is 1760. The van der Waals surface area contributed by atoms with Crippen LogP contribution >= 0.6 is 11.6 Å². The number of nitrogens with two attached hydrogens (primary N) is 2. The normalized spacial score (nSPS) is 17.2. The second-order valence-electron chi connectivity index (χ2n) is 10.0. The minimum Gasteiger partial charge on any atom is -0.494 e. The van der Waals surface area contributed by atoms with Crippen LogP contribution in [0.2, 0.25) is 5.15 Å². The highest BCUT2D eigenvalue weighted by molar-refractivity contribution is 6.29. The maximum atomic E-state index is 14.6. The first-order chi connectivity index (χ1) is 19.8. The maximum absolute atomic E-state index is 14.6. The molecule has 0 unspecified atom stereocenters. The average molecular weight is 578 g/mol. The van der Waals surface area contributed by atoms with Gasteiger partial charge in [0.1, 0.15) is 11.8 Å². The van der Waals surface area contributed by atoms with Crippen molar-refractivity contribution in [2.24, 2.45) is 5.73 Å². The van der Waals surface area contributed by atoms with E-state index in [0.29, 0.717) is 54.2 Å². The quantitative estimate of drug-likeness (QED) is 0.283. The molecule has 0 spiro atoms. The predicted octanol–water partition coefficient (Wildman–Crippen LogP) is 4.31. The zero-order valence-electron chi connectivity index (χ0n) is 22.1. The number of fused-ring (bicyclic) bond motifs is 1. The number of halogens is 3. The van der Waals surface area contributed by atoms with Crippen molar-refractivity contribution >= 4 is 34.3 Å². The van der Waals surface area contributed by atoms with Crippen molar-refractivity contribution in [3.63, 3.8) is 0 Å². The zero-order valence-corrected chi connectivity index (χ0v) is 22.8. The van der Waals surface area contributed by atoms with Crippen molar-refractivity contribution in [2.45, 2.75) is 24.9 Å². The van der Waals surface area contributed by atoms with Crippen LogP contribution in [0.3, 0.4) is 0 Å². The Balaban J connectivity index is 1.42. The monoisotopic (exact) mass is 577 g/mol. The highest BCUT2D eigenvalue weighted by Gasteiger charge is 2.36. The second kappa shape index (κ2) is 10.5. The van der Waals surface area contributed by atoms with Gasteiger partial charge in [0.05, 0.1) is 48.8 Å². The summed E-state index contributed by atoms with van der Waals surface area (Å²) >= 11 is 5.99. The minimum absolute atomic E-state index is 0.148. The molecule has 4 N–H and O–H groups in total. The van der Waals surface area contributed by atoms with Crippen LogP contribution in [0.15, 0.2) is 55.2 Å². The number of anilines is 2. The highest BCUT2D eigenvalue weighted by Crippen LogP contribution is 2.35. The number of benzene rings is 1. The molecule has 1 saturated heterocycles. The van der Waals surface area contributed by atoms with Gasteiger partial charge in [0, 0.05) is 18.7 Å². The van der Waals surface area contributed by atoms with Gasteiger partial charge in [0.2, 0.25) is 0 Å². The highest BCUT2D eigenvalue weighted by atomic mass is 35.5. The molecule has 0 radical (unpaired) electrons. The van der Waals surface area contributed by atoms with E-state index >= 15 is 0 Å². The molecule has 1 atom stereocenters. The van der Waals surface area contributed by atoms with Crippen molar-refractivity contribution in [1.82, 2.24) is 29.5 Å². The van der Waals surface area contributed by atoms with Gasteiger partial charge in [0.25, 0.3) is 0 Å². The van der Waals surface area contributed by atoms with Gasteiger partial charge < -0.3 is 25.7 Å². The molecule has 1 aromatic carbocycles. The average Bonchev–Trinajstić information content (AvgIpc) is 3.38. The molecular formula is C28H26ClF2N9O. The van der Waals surface area contributed by atoms with Gasteiger partial charge in [-0.25, -0.2) is 28.7 Å². The molecule has 10 nitrogen and oxygen atoms in total. The van der Waals surface area contributed by atoms with Crippen molar-refractivity contribution in [3.05, 3.63) is 83.3 Å². The first-order valence-corrected chi connectivity index (χ1v) is 13.2. The van der Waals surface area contributed by atoms with Crippen LogP contribution < -0.4 is 21.1 Å².